The molecule has 8 nitrogen and oxygen atoms in total. The third-order valence-electron chi connectivity index (χ3n) is 4.99. The Kier molecular flexibility index (Phi) is 8.92. The summed E-state index contributed by atoms with van der Waals surface area (Å²) in [7, 11) is -2.75. The van der Waals surface area contributed by atoms with Crippen molar-refractivity contribution in [2.24, 2.45) is 0 Å². The second-order valence-corrected chi connectivity index (χ2v) is 11.1. The van der Waals surface area contributed by atoms with Crippen LogP contribution in [0.4, 0.5) is 0 Å². The number of pyridine rings is 1. The van der Waals surface area contributed by atoms with Crippen LogP contribution in [0.25, 0.3) is 0 Å². The van der Waals surface area contributed by atoms with E-state index in [2.05, 4.69) is 4.98 Å². The SMILES string of the molecule is CC(SCc1ccccn1)C(C(=O)NO)N(C)S(=O)(=O)c1ccc(Oc2ccc(Cl)cc2)cc1. The van der Waals surface area contributed by atoms with Gasteiger partial charge in [-0.1, -0.05) is 24.6 Å². The largest absolute Gasteiger partial charge is 0.457 e. The van der Waals surface area contributed by atoms with Gasteiger partial charge in [-0.15, -0.1) is 0 Å². The summed E-state index contributed by atoms with van der Waals surface area (Å²) in [6.07, 6.45) is 1.66. The molecule has 3 aromatic rings. The molecule has 180 valence electrons. The van der Waals surface area contributed by atoms with Crippen molar-refractivity contribution in [3.05, 3.63) is 83.6 Å². The molecule has 2 atom stereocenters. The van der Waals surface area contributed by atoms with Crippen LogP contribution in [0.2, 0.25) is 5.02 Å². The second-order valence-electron chi connectivity index (χ2n) is 7.31. The van der Waals surface area contributed by atoms with Crippen LogP contribution in [-0.4, -0.2) is 47.2 Å². The molecule has 1 heterocycles. The number of aromatic nitrogens is 1. The Morgan fingerprint density at radius 3 is 2.29 bits per heavy atom. The van der Waals surface area contributed by atoms with E-state index >= 15 is 0 Å². The van der Waals surface area contributed by atoms with Crippen LogP contribution >= 0.6 is 23.4 Å². The number of hydrogen-bond acceptors (Lipinski definition) is 7. The lowest BCUT2D eigenvalue weighted by Gasteiger charge is -2.30. The number of rotatable bonds is 10. The monoisotopic (exact) mass is 521 g/mol. The van der Waals surface area contributed by atoms with E-state index in [0.717, 1.165) is 10.00 Å². The van der Waals surface area contributed by atoms with Gasteiger partial charge in [-0.3, -0.25) is 15.0 Å². The van der Waals surface area contributed by atoms with E-state index in [1.54, 1.807) is 48.9 Å². The lowest BCUT2D eigenvalue weighted by molar-refractivity contribution is -0.132. The molecule has 0 aliphatic carbocycles. The van der Waals surface area contributed by atoms with Gasteiger partial charge in [-0.25, -0.2) is 13.9 Å². The van der Waals surface area contributed by atoms with Crippen LogP contribution in [-0.2, 0) is 20.6 Å². The molecule has 2 unspecified atom stereocenters. The maximum absolute atomic E-state index is 13.3. The number of carbonyl (C=O) groups excluding carboxylic acids is 1. The number of nitrogens with zero attached hydrogens (tertiary/aromatic N) is 2. The molecule has 1 aromatic heterocycles. The number of amides is 1. The normalized spacial score (nSPS) is 13.3. The predicted molar refractivity (Wildman–Crippen MR) is 132 cm³/mol. The lowest BCUT2D eigenvalue weighted by atomic mass is 10.2. The van der Waals surface area contributed by atoms with E-state index in [0.29, 0.717) is 22.3 Å². The number of hydroxylamine groups is 1. The van der Waals surface area contributed by atoms with Crippen molar-refractivity contribution < 1.29 is 23.2 Å². The molecule has 0 saturated heterocycles. The van der Waals surface area contributed by atoms with E-state index in [1.165, 1.54) is 43.1 Å². The Bertz CT molecular complexity index is 1190. The fourth-order valence-corrected chi connectivity index (χ4v) is 5.85. The van der Waals surface area contributed by atoms with E-state index in [1.807, 2.05) is 12.1 Å². The van der Waals surface area contributed by atoms with E-state index in [-0.39, 0.29) is 4.90 Å². The minimum Gasteiger partial charge on any atom is -0.457 e. The van der Waals surface area contributed by atoms with Gasteiger partial charge in [0.15, 0.2) is 0 Å². The summed E-state index contributed by atoms with van der Waals surface area (Å²) in [4.78, 5) is 16.7. The zero-order chi connectivity index (χ0) is 24.7. The minimum absolute atomic E-state index is 0.0175. The van der Waals surface area contributed by atoms with E-state index in [4.69, 9.17) is 16.3 Å². The van der Waals surface area contributed by atoms with E-state index < -0.39 is 27.2 Å². The Balaban J connectivity index is 1.75. The Morgan fingerprint density at radius 2 is 1.74 bits per heavy atom. The zero-order valence-electron chi connectivity index (χ0n) is 18.5. The van der Waals surface area contributed by atoms with Gasteiger partial charge in [0.1, 0.15) is 17.5 Å². The molecule has 0 aliphatic rings. The molecule has 0 spiro atoms. The first-order valence-electron chi connectivity index (χ1n) is 10.2. The number of benzene rings is 2. The lowest BCUT2D eigenvalue weighted by Crippen LogP contribution is -2.51. The fourth-order valence-electron chi connectivity index (χ4n) is 3.17. The van der Waals surface area contributed by atoms with Gasteiger partial charge in [-0.2, -0.15) is 16.1 Å². The molecule has 11 heteroatoms. The number of hydrogen-bond donors (Lipinski definition) is 2. The predicted octanol–water partition coefficient (Wildman–Crippen LogP) is 4.34. The molecule has 0 fully saturated rings. The van der Waals surface area contributed by atoms with Crippen LogP contribution in [0.3, 0.4) is 0 Å². The molecular weight excluding hydrogens is 498 g/mol. The topological polar surface area (TPSA) is 109 Å². The Morgan fingerprint density at radius 1 is 1.12 bits per heavy atom. The van der Waals surface area contributed by atoms with Crippen molar-refractivity contribution in [1.82, 2.24) is 14.8 Å². The molecule has 0 aliphatic heterocycles. The standard InChI is InChI=1S/C23H24ClN3O5S2/c1-16(33-15-18-5-3-4-14-25-18)22(23(28)26-29)27(2)34(30,31)21-12-10-20(11-13-21)32-19-8-6-17(24)7-9-19/h3-14,16,22,29H,15H2,1-2H3,(H,26,28). The van der Waals surface area contributed by atoms with Crippen LogP contribution in [0.15, 0.2) is 77.8 Å². The van der Waals surface area contributed by atoms with Gasteiger partial charge in [0.25, 0.3) is 5.91 Å². The van der Waals surface area contributed by atoms with Crippen molar-refractivity contribution in [3.63, 3.8) is 0 Å². The Hall–Kier alpha value is -2.63. The molecule has 0 saturated carbocycles. The molecular formula is C23H24ClN3O5S2. The van der Waals surface area contributed by atoms with Crippen molar-refractivity contribution in [2.45, 2.75) is 28.9 Å². The quantitative estimate of drug-likeness (QED) is 0.301. The van der Waals surface area contributed by atoms with Gasteiger partial charge in [0.05, 0.1) is 10.6 Å². The third kappa shape index (κ3) is 6.49. The number of thioether (sulfide) groups is 1. The summed E-state index contributed by atoms with van der Waals surface area (Å²) in [5, 5.41) is 9.34. The fraction of sp³-hybridized carbons (Fsp3) is 0.217. The van der Waals surface area contributed by atoms with Crippen LogP contribution in [0.5, 0.6) is 11.5 Å². The summed E-state index contributed by atoms with van der Waals surface area (Å²) in [5.41, 5.74) is 2.38. The van der Waals surface area contributed by atoms with Crippen LogP contribution < -0.4 is 10.2 Å². The van der Waals surface area contributed by atoms with Gasteiger partial charge < -0.3 is 4.74 Å². The van der Waals surface area contributed by atoms with Gasteiger partial charge >= 0.3 is 0 Å². The summed E-state index contributed by atoms with van der Waals surface area (Å²) in [5.74, 6) is 0.639. The van der Waals surface area contributed by atoms with Crippen molar-refractivity contribution in [1.29, 1.82) is 0 Å². The Labute approximate surface area is 207 Å². The summed E-state index contributed by atoms with van der Waals surface area (Å²) in [6, 6.07) is 16.9. The first-order valence-corrected chi connectivity index (χ1v) is 13.1. The molecule has 2 N–H and O–H groups in total. The van der Waals surface area contributed by atoms with Crippen molar-refractivity contribution in [3.8, 4) is 11.5 Å². The van der Waals surface area contributed by atoms with Crippen LogP contribution in [0.1, 0.15) is 12.6 Å². The molecule has 34 heavy (non-hydrogen) atoms. The molecule has 0 bridgehead atoms. The van der Waals surface area contributed by atoms with E-state index in [9.17, 15) is 18.4 Å². The number of carbonyl (C=O) groups is 1. The second kappa shape index (κ2) is 11.7. The smallest absolute Gasteiger partial charge is 0.262 e. The highest BCUT2D eigenvalue weighted by Crippen LogP contribution is 2.28. The maximum atomic E-state index is 13.3. The van der Waals surface area contributed by atoms with Crippen molar-refractivity contribution >= 4 is 39.3 Å². The average molecular weight is 522 g/mol. The van der Waals surface area contributed by atoms with Gasteiger partial charge in [0, 0.05) is 29.3 Å². The zero-order valence-corrected chi connectivity index (χ0v) is 20.8. The molecule has 2 aromatic carbocycles. The molecule has 0 radical (unpaired) electrons. The third-order valence-corrected chi connectivity index (χ3v) is 8.34. The summed E-state index contributed by atoms with van der Waals surface area (Å²) < 4.78 is 33.2. The highest BCUT2D eigenvalue weighted by molar-refractivity contribution is 7.99. The number of likely N-dealkylation sites (N-methyl/N-ethyl adjacent to an activating group) is 1. The highest BCUT2D eigenvalue weighted by Gasteiger charge is 2.37. The maximum Gasteiger partial charge on any atom is 0.262 e. The summed E-state index contributed by atoms with van der Waals surface area (Å²) in [6.45, 7) is 1.72. The first kappa shape index (κ1) is 26.0. The van der Waals surface area contributed by atoms with Crippen molar-refractivity contribution in [2.75, 3.05) is 7.05 Å². The van der Waals surface area contributed by atoms with Crippen LogP contribution in [0, 0.1) is 0 Å². The number of halogens is 1. The minimum atomic E-state index is -4.06. The summed E-state index contributed by atoms with van der Waals surface area (Å²) >= 11 is 7.23. The number of ether oxygens (including phenoxy) is 1. The first-order chi connectivity index (χ1) is 16.2. The highest BCUT2D eigenvalue weighted by atomic mass is 35.5. The molecule has 3 rings (SSSR count). The average Bonchev–Trinajstić information content (AvgIpc) is 2.85. The molecule has 1 amide bonds. The van der Waals surface area contributed by atoms with Gasteiger partial charge in [0.2, 0.25) is 10.0 Å². The number of nitrogens with one attached hydrogen (secondary N) is 1. The number of sulfonamides is 1. The van der Waals surface area contributed by atoms with Gasteiger partial charge in [-0.05, 0) is 60.7 Å².